The fourth-order valence-electron chi connectivity index (χ4n) is 3.60. The second-order valence-corrected chi connectivity index (χ2v) is 12.2. The van der Waals surface area contributed by atoms with Gasteiger partial charge in [-0.2, -0.15) is 0 Å². The van der Waals surface area contributed by atoms with Crippen molar-refractivity contribution in [2.75, 3.05) is 47.2 Å². The zero-order chi connectivity index (χ0) is 47.7. The molecule has 14 nitrogen and oxygen atoms in total. The van der Waals surface area contributed by atoms with E-state index >= 15 is 0 Å². The van der Waals surface area contributed by atoms with Gasteiger partial charge in [0.1, 0.15) is 0 Å². The molecule has 0 saturated heterocycles. The number of nitrogens with two attached hydrogens (primary N) is 3. The lowest BCUT2D eigenvalue weighted by Crippen LogP contribution is -1.91. The molecule has 0 heterocycles. The number of carboxylic acids is 4. The van der Waals surface area contributed by atoms with E-state index in [1.165, 1.54) is 16.8 Å². The van der Waals surface area contributed by atoms with E-state index in [2.05, 4.69) is 103 Å². The first-order chi connectivity index (χ1) is 29.2. The second kappa shape index (κ2) is 40.8. The van der Waals surface area contributed by atoms with Crippen LogP contribution in [0.5, 0.6) is 0 Å². The van der Waals surface area contributed by atoms with Gasteiger partial charge in [0.2, 0.25) is 0 Å². The Morgan fingerprint density at radius 3 is 0.714 bits per heavy atom. The van der Waals surface area contributed by atoms with E-state index in [4.69, 9.17) is 56.8 Å². The highest BCUT2D eigenvalue weighted by Gasteiger charge is 1.94. The summed E-state index contributed by atoms with van der Waals surface area (Å²) in [5, 5.41) is 39.2. The van der Waals surface area contributed by atoms with Crippen molar-refractivity contribution in [2.24, 2.45) is 0 Å². The van der Waals surface area contributed by atoms with E-state index in [1.54, 1.807) is 0 Å². The molecule has 0 aliphatic heterocycles. The second-order valence-electron chi connectivity index (χ2n) is 12.2. The zero-order valence-corrected chi connectivity index (χ0v) is 36.7. The van der Waals surface area contributed by atoms with Gasteiger partial charge >= 0.3 is 0 Å². The molecule has 0 unspecified atom stereocenters. The van der Waals surface area contributed by atoms with Crippen molar-refractivity contribution in [3.05, 3.63) is 175 Å². The third-order valence-electron chi connectivity index (χ3n) is 6.25. The van der Waals surface area contributed by atoms with Gasteiger partial charge < -0.3 is 53.6 Å². The number of rotatable bonds is 4. The van der Waals surface area contributed by atoms with Crippen LogP contribution in [-0.2, 0) is 19.2 Å². The third kappa shape index (κ3) is 50.1. The molecule has 6 aromatic rings. The Bertz CT molecular complexity index is 1850. The van der Waals surface area contributed by atoms with Crippen LogP contribution in [0.25, 0.3) is 0 Å². The summed E-state index contributed by atoms with van der Waals surface area (Å²) in [7, 11) is 3.84. The quantitative estimate of drug-likeness (QED) is 0.0739. The first-order valence-electron chi connectivity index (χ1n) is 18.8. The van der Waals surface area contributed by atoms with E-state index in [1.807, 2.05) is 105 Å². The van der Waals surface area contributed by atoms with Gasteiger partial charge in [0.05, 0.1) is 0 Å². The highest BCUT2D eigenvalue weighted by atomic mass is 16.4. The van der Waals surface area contributed by atoms with E-state index in [9.17, 15) is 0 Å². The standard InChI is InChI=1S/C14H16N2.C8H11N.3C6H7N.4C2H4O2.CH4/c1-11-3-5-13(6-4-11)16-14-9-7-12(15-2)8-10-14;1-7-3-5-8(9-2)6-4-7;3*7-6-4-2-1-3-5-6;4*1-2(3)4;/h3-10,15-16H,1-2H3;3-6,9H,1-2H3;3*1-5H,7H2;4*1H3,(H,3,4);1H4. The molecule has 0 aliphatic carbocycles. The molecule has 13 N–H and O–H groups in total. The number of aryl methyl sites for hydroxylation is 2. The molecule has 0 amide bonds. The minimum Gasteiger partial charge on any atom is -0.481 e. The number of anilines is 7. The molecule has 342 valence electrons. The van der Waals surface area contributed by atoms with Gasteiger partial charge in [0.25, 0.3) is 23.9 Å². The number of carbonyl (C=O) groups is 4. The Balaban J connectivity index is -0.000000326. The van der Waals surface area contributed by atoms with Crippen LogP contribution < -0.4 is 33.2 Å². The zero-order valence-electron chi connectivity index (χ0n) is 36.7. The smallest absolute Gasteiger partial charge is 0.300 e. The van der Waals surface area contributed by atoms with Crippen molar-refractivity contribution in [1.82, 2.24) is 0 Å². The van der Waals surface area contributed by atoms with Crippen LogP contribution in [0, 0.1) is 13.8 Å². The average Bonchev–Trinajstić information content (AvgIpc) is 3.20. The number of para-hydroxylation sites is 3. The normalized spacial score (nSPS) is 8.25. The van der Waals surface area contributed by atoms with Gasteiger partial charge in [-0.3, -0.25) is 19.2 Å². The number of benzene rings is 6. The number of carboxylic acid groups (broad SMARTS) is 4. The van der Waals surface area contributed by atoms with Crippen molar-refractivity contribution < 1.29 is 39.6 Å². The Morgan fingerprint density at radius 1 is 0.365 bits per heavy atom. The van der Waals surface area contributed by atoms with Crippen molar-refractivity contribution in [1.29, 1.82) is 0 Å². The summed E-state index contributed by atoms with van der Waals surface area (Å²) in [6, 6.07) is 53.4. The third-order valence-corrected chi connectivity index (χ3v) is 6.25. The molecule has 63 heavy (non-hydrogen) atoms. The maximum Gasteiger partial charge on any atom is 0.300 e. The molecular weight excluding hydrogens is 801 g/mol. The summed E-state index contributed by atoms with van der Waals surface area (Å²) in [4.78, 5) is 36.0. The number of hydrogen-bond donors (Lipinski definition) is 10. The summed E-state index contributed by atoms with van der Waals surface area (Å²) in [5.41, 5.74) is 25.6. The van der Waals surface area contributed by atoms with Crippen LogP contribution in [0.4, 0.5) is 39.8 Å². The molecule has 0 aliphatic rings. The lowest BCUT2D eigenvalue weighted by molar-refractivity contribution is -0.135. The van der Waals surface area contributed by atoms with Crippen LogP contribution in [0.1, 0.15) is 46.2 Å². The Morgan fingerprint density at radius 2 is 0.540 bits per heavy atom. The summed E-state index contributed by atoms with van der Waals surface area (Å²) in [6.45, 7) is 8.50. The number of nitrogen functional groups attached to an aromatic ring is 3. The van der Waals surface area contributed by atoms with Gasteiger partial charge in [-0.15, -0.1) is 0 Å². The number of nitrogens with one attached hydrogen (secondary N) is 3. The van der Waals surface area contributed by atoms with Crippen LogP contribution in [0.3, 0.4) is 0 Å². The SMILES string of the molecule is C.CC(=O)O.CC(=O)O.CC(=O)O.CC(=O)O.CNc1ccc(C)cc1.CNc1ccc(Nc2ccc(C)cc2)cc1.Nc1ccccc1.Nc1ccccc1.Nc1ccccc1. The Labute approximate surface area is 373 Å². The Hall–Kier alpha value is -8.00. The molecular formula is C49H68N6O8. The monoisotopic (exact) mass is 869 g/mol. The summed E-state index contributed by atoms with van der Waals surface area (Å²) < 4.78 is 0. The van der Waals surface area contributed by atoms with Crippen molar-refractivity contribution in [3.63, 3.8) is 0 Å². The highest BCUT2D eigenvalue weighted by molar-refractivity contribution is 5.64. The molecule has 0 fully saturated rings. The largest absolute Gasteiger partial charge is 0.481 e. The average molecular weight is 869 g/mol. The topological polar surface area (TPSA) is 263 Å². The van der Waals surface area contributed by atoms with E-state index in [0.29, 0.717) is 0 Å². The fourth-order valence-corrected chi connectivity index (χ4v) is 3.60. The first kappa shape index (κ1) is 61.7. The maximum absolute atomic E-state index is 9.00. The van der Waals surface area contributed by atoms with Crippen LogP contribution >= 0.6 is 0 Å². The molecule has 0 radical (unpaired) electrons. The van der Waals surface area contributed by atoms with Gasteiger partial charge in [-0.1, -0.05) is 97.4 Å². The summed E-state index contributed by atoms with van der Waals surface area (Å²) >= 11 is 0. The Kier molecular flexibility index (Phi) is 39.9. The minimum absolute atomic E-state index is 0. The van der Waals surface area contributed by atoms with Crippen LogP contribution in [0.15, 0.2) is 164 Å². The van der Waals surface area contributed by atoms with Gasteiger partial charge in [0, 0.05) is 81.6 Å². The van der Waals surface area contributed by atoms with E-state index < -0.39 is 23.9 Å². The van der Waals surface area contributed by atoms with Crippen molar-refractivity contribution in [2.45, 2.75) is 49.0 Å². The minimum atomic E-state index is -0.833. The molecule has 0 atom stereocenters. The van der Waals surface area contributed by atoms with Crippen LogP contribution in [-0.4, -0.2) is 58.4 Å². The molecule has 0 saturated carbocycles. The first-order valence-corrected chi connectivity index (χ1v) is 18.8. The van der Waals surface area contributed by atoms with Crippen molar-refractivity contribution >= 4 is 63.7 Å². The fraction of sp³-hybridized carbons (Fsp3) is 0.184. The number of hydrogen-bond acceptors (Lipinski definition) is 10. The van der Waals surface area contributed by atoms with Crippen molar-refractivity contribution in [3.8, 4) is 0 Å². The predicted octanol–water partition coefficient (Wildman–Crippen LogP) is 10.6. The highest BCUT2D eigenvalue weighted by Crippen LogP contribution is 2.19. The number of aliphatic carboxylic acids is 4. The van der Waals surface area contributed by atoms with E-state index in [0.717, 1.165) is 61.8 Å². The molecule has 0 spiro atoms. The summed E-state index contributed by atoms with van der Waals surface area (Å²) in [5.74, 6) is -3.33. The molecule has 0 aromatic heterocycles. The van der Waals surface area contributed by atoms with Crippen LogP contribution in [0.2, 0.25) is 0 Å². The summed E-state index contributed by atoms with van der Waals surface area (Å²) in [6.07, 6.45) is 0. The molecule has 0 bridgehead atoms. The molecule has 6 rings (SSSR count). The van der Waals surface area contributed by atoms with Gasteiger partial charge in [-0.25, -0.2) is 0 Å². The lowest BCUT2D eigenvalue weighted by Gasteiger charge is -2.07. The lowest BCUT2D eigenvalue weighted by atomic mass is 10.2. The molecule has 14 heteroatoms. The molecule has 6 aromatic carbocycles. The maximum atomic E-state index is 9.00. The van der Waals surface area contributed by atoms with Gasteiger partial charge in [-0.05, 0) is 98.8 Å². The van der Waals surface area contributed by atoms with E-state index in [-0.39, 0.29) is 7.43 Å². The predicted molar refractivity (Wildman–Crippen MR) is 264 cm³/mol. The van der Waals surface area contributed by atoms with Gasteiger partial charge in [0.15, 0.2) is 0 Å².